The van der Waals surface area contributed by atoms with E-state index in [1.165, 1.54) is 0 Å². The van der Waals surface area contributed by atoms with Crippen molar-refractivity contribution in [3.63, 3.8) is 0 Å². The number of benzene rings is 2. The third kappa shape index (κ3) is 2.34. The first-order chi connectivity index (χ1) is 9.25. The first kappa shape index (κ1) is 12.2. The Morgan fingerprint density at radius 3 is 2.68 bits per heavy atom. The average Bonchev–Trinajstić information content (AvgIpc) is 2.46. The average molecular weight is 312 g/mol. The molecule has 1 heterocycles. The van der Waals surface area contributed by atoms with Gasteiger partial charge in [-0.3, -0.25) is 0 Å². The summed E-state index contributed by atoms with van der Waals surface area (Å²) in [5, 5.41) is 0. The topological polar surface area (TPSA) is 46.2 Å². The van der Waals surface area contributed by atoms with Crippen molar-refractivity contribution in [1.82, 2.24) is 4.23 Å². The van der Waals surface area contributed by atoms with Crippen LogP contribution in [0.15, 0.2) is 48.5 Å². The van der Waals surface area contributed by atoms with Gasteiger partial charge in [0.2, 0.25) is 0 Å². The van der Waals surface area contributed by atoms with E-state index in [2.05, 4.69) is 10.3 Å². The molecule has 93 valence electrons. The zero-order valence-corrected chi connectivity index (χ0v) is 12.1. The van der Waals surface area contributed by atoms with Crippen LogP contribution in [0.3, 0.4) is 0 Å². The first-order valence-electron chi connectivity index (χ1n) is 5.92. The van der Waals surface area contributed by atoms with Crippen LogP contribution >= 0.6 is 0 Å². The van der Waals surface area contributed by atoms with E-state index in [4.69, 9.17) is 0 Å². The predicted octanol–water partition coefficient (Wildman–Crippen LogP) is 0.560. The molecule has 2 aromatic rings. The molecular weight excluding hydrogens is 301 g/mol. The molecule has 2 bridgehead atoms. The van der Waals surface area contributed by atoms with Crippen LogP contribution in [0.2, 0.25) is 0 Å². The SMILES string of the molecule is O=C1N[AsH]c2c[c]cc(c2)C(=O)C1c1ccccc1. The minimum atomic E-state index is -0.742. The van der Waals surface area contributed by atoms with Crippen molar-refractivity contribution in [3.05, 3.63) is 65.7 Å². The summed E-state index contributed by atoms with van der Waals surface area (Å²) in [7, 11) is 0. The fraction of sp³-hybridized carbons (Fsp3) is 0.0667. The zero-order valence-electron chi connectivity index (χ0n) is 10.0. The van der Waals surface area contributed by atoms with Crippen LogP contribution in [-0.2, 0) is 4.79 Å². The number of nitrogens with one attached hydrogen (secondary N) is 1. The molecule has 0 aliphatic carbocycles. The van der Waals surface area contributed by atoms with Crippen LogP contribution in [-0.4, -0.2) is 27.7 Å². The van der Waals surface area contributed by atoms with E-state index in [0.29, 0.717) is 5.56 Å². The molecule has 0 saturated carbocycles. The van der Waals surface area contributed by atoms with Gasteiger partial charge in [0.25, 0.3) is 0 Å². The second-order valence-corrected chi connectivity index (χ2v) is 6.59. The second kappa shape index (κ2) is 5.02. The molecular formula is C15H11AsNO2. The van der Waals surface area contributed by atoms with Gasteiger partial charge in [0.15, 0.2) is 0 Å². The third-order valence-electron chi connectivity index (χ3n) is 3.06. The van der Waals surface area contributed by atoms with Gasteiger partial charge in [0.1, 0.15) is 0 Å². The molecule has 0 aromatic heterocycles. The number of carbonyl (C=O) groups excluding carboxylic acids is 2. The zero-order chi connectivity index (χ0) is 13.2. The molecule has 1 aliphatic heterocycles. The van der Waals surface area contributed by atoms with E-state index in [9.17, 15) is 9.59 Å². The van der Waals surface area contributed by atoms with Gasteiger partial charge < -0.3 is 0 Å². The maximum atomic E-state index is 12.5. The summed E-state index contributed by atoms with van der Waals surface area (Å²) in [6.45, 7) is 0. The molecule has 2 unspecified atom stereocenters. The standard InChI is InChI=1S/C15H11AsNO2/c18-14-11-7-4-8-12(9-11)16-17-15(19)13(14)10-5-2-1-3-6-10/h1-3,5-9,13,16H,(H,17,19). The fourth-order valence-electron chi connectivity index (χ4n) is 2.13. The Balaban J connectivity index is 2.09. The number of hydrogen-bond acceptors (Lipinski definition) is 2. The van der Waals surface area contributed by atoms with Gasteiger partial charge in [-0.1, -0.05) is 0 Å². The summed E-state index contributed by atoms with van der Waals surface area (Å²) in [6, 6.07) is 17.5. The van der Waals surface area contributed by atoms with Gasteiger partial charge in [-0.2, -0.15) is 0 Å². The van der Waals surface area contributed by atoms with Crippen LogP contribution in [0.25, 0.3) is 0 Å². The van der Waals surface area contributed by atoms with Crippen molar-refractivity contribution in [2.24, 2.45) is 0 Å². The van der Waals surface area contributed by atoms with E-state index < -0.39 is 21.9 Å². The Morgan fingerprint density at radius 1 is 1.11 bits per heavy atom. The molecule has 0 fully saturated rings. The molecule has 0 spiro atoms. The molecule has 1 N–H and O–H groups in total. The van der Waals surface area contributed by atoms with Crippen LogP contribution in [0.5, 0.6) is 0 Å². The predicted molar refractivity (Wildman–Crippen MR) is 73.7 cm³/mol. The Morgan fingerprint density at radius 2 is 1.89 bits per heavy atom. The van der Waals surface area contributed by atoms with Crippen LogP contribution in [0.1, 0.15) is 21.8 Å². The molecule has 1 radical (unpaired) electrons. The quantitative estimate of drug-likeness (QED) is 0.618. The Bertz CT molecular complexity index is 640. The molecule has 3 nitrogen and oxygen atoms in total. The second-order valence-electron chi connectivity index (χ2n) is 4.33. The summed E-state index contributed by atoms with van der Waals surface area (Å²) in [5.74, 6) is -1.09. The summed E-state index contributed by atoms with van der Waals surface area (Å²) in [4.78, 5) is 24.7. The van der Waals surface area contributed by atoms with E-state index >= 15 is 0 Å². The third-order valence-corrected chi connectivity index (χ3v) is 5.05. The van der Waals surface area contributed by atoms with Crippen molar-refractivity contribution in [3.8, 4) is 0 Å². The summed E-state index contributed by atoms with van der Waals surface area (Å²) in [5.41, 5.74) is 1.31. The van der Waals surface area contributed by atoms with Crippen LogP contribution < -0.4 is 8.58 Å². The van der Waals surface area contributed by atoms with Gasteiger partial charge in [-0.15, -0.1) is 0 Å². The fourth-order valence-corrected chi connectivity index (χ4v) is 3.79. The van der Waals surface area contributed by atoms with E-state index in [0.717, 1.165) is 9.91 Å². The Labute approximate surface area is 117 Å². The van der Waals surface area contributed by atoms with Crippen molar-refractivity contribution in [2.45, 2.75) is 5.92 Å². The summed E-state index contributed by atoms with van der Waals surface area (Å²) < 4.78 is 3.94. The number of ketones is 1. The van der Waals surface area contributed by atoms with Gasteiger partial charge in [0, 0.05) is 0 Å². The van der Waals surface area contributed by atoms with Crippen molar-refractivity contribution < 1.29 is 9.59 Å². The monoisotopic (exact) mass is 312 g/mol. The van der Waals surface area contributed by atoms with E-state index in [1.807, 2.05) is 42.5 Å². The van der Waals surface area contributed by atoms with Gasteiger partial charge in [-0.05, 0) is 0 Å². The minimum absolute atomic E-state index is 0.159. The van der Waals surface area contributed by atoms with Gasteiger partial charge in [0.05, 0.1) is 0 Å². The van der Waals surface area contributed by atoms with Crippen molar-refractivity contribution >= 4 is 32.0 Å². The van der Waals surface area contributed by atoms with E-state index in [-0.39, 0.29) is 11.7 Å². The first-order valence-corrected chi connectivity index (χ1v) is 8.02. The van der Waals surface area contributed by atoms with Crippen LogP contribution in [0.4, 0.5) is 0 Å². The van der Waals surface area contributed by atoms with Crippen LogP contribution in [0, 0.1) is 6.07 Å². The normalized spacial score (nSPS) is 19.7. The number of fused-ring (bicyclic) bond motifs is 2. The van der Waals surface area contributed by atoms with E-state index in [1.54, 1.807) is 6.07 Å². The molecule has 1 amide bonds. The summed E-state index contributed by atoms with van der Waals surface area (Å²) >= 11 is -0.741. The van der Waals surface area contributed by atoms with Crippen molar-refractivity contribution in [1.29, 1.82) is 0 Å². The molecule has 2 aromatic carbocycles. The number of hydrogen-bond donors (Lipinski definition) is 1. The Kier molecular flexibility index (Phi) is 3.22. The van der Waals surface area contributed by atoms with Gasteiger partial charge in [-0.25, -0.2) is 0 Å². The Hall–Kier alpha value is -1.86. The maximum absolute atomic E-state index is 12.5. The van der Waals surface area contributed by atoms with Crippen molar-refractivity contribution in [2.75, 3.05) is 0 Å². The molecule has 0 saturated heterocycles. The number of rotatable bonds is 1. The number of amides is 1. The number of carbonyl (C=O) groups is 2. The molecule has 4 heteroatoms. The number of Topliss-reactive ketones (excluding diaryl/α,β-unsaturated/α-hetero) is 1. The molecule has 1 aliphatic rings. The molecule has 2 atom stereocenters. The summed E-state index contributed by atoms with van der Waals surface area (Å²) in [6.07, 6.45) is 0. The molecule has 3 rings (SSSR count). The molecule has 19 heavy (non-hydrogen) atoms. The van der Waals surface area contributed by atoms with Gasteiger partial charge >= 0.3 is 117 Å².